The first kappa shape index (κ1) is 9.58. The summed E-state index contributed by atoms with van der Waals surface area (Å²) in [6.45, 7) is 2.72. The summed E-state index contributed by atoms with van der Waals surface area (Å²) >= 11 is 0. The normalized spacial score (nSPS) is 10.5. The molecule has 0 aliphatic rings. The van der Waals surface area contributed by atoms with E-state index in [4.69, 9.17) is 9.94 Å². The third-order valence-corrected chi connectivity index (χ3v) is 1.58. The van der Waals surface area contributed by atoms with Crippen molar-refractivity contribution in [3.05, 3.63) is 29.8 Å². The van der Waals surface area contributed by atoms with Crippen molar-refractivity contribution in [1.82, 2.24) is 0 Å². The minimum Gasteiger partial charge on any atom is -0.493 e. The van der Waals surface area contributed by atoms with Gasteiger partial charge < -0.3 is 9.94 Å². The van der Waals surface area contributed by atoms with Crippen LogP contribution in [0.5, 0.6) is 5.75 Å². The first-order valence-corrected chi connectivity index (χ1v) is 4.27. The Balaban J connectivity index is 2.78. The highest BCUT2D eigenvalue weighted by Crippen LogP contribution is 2.15. The SMILES string of the molecule is CCCOc1ccccc1/C=N/O. The molecule has 0 aliphatic heterocycles. The van der Waals surface area contributed by atoms with Crippen LogP contribution in [0.25, 0.3) is 0 Å². The maximum Gasteiger partial charge on any atom is 0.128 e. The van der Waals surface area contributed by atoms with Gasteiger partial charge in [0.2, 0.25) is 0 Å². The lowest BCUT2D eigenvalue weighted by atomic mass is 10.2. The Kier molecular flexibility index (Phi) is 3.82. The Hall–Kier alpha value is -1.51. The quantitative estimate of drug-likeness (QED) is 0.437. The number of hydrogen-bond acceptors (Lipinski definition) is 3. The summed E-state index contributed by atoms with van der Waals surface area (Å²) in [6, 6.07) is 7.45. The lowest BCUT2D eigenvalue weighted by Gasteiger charge is -2.06. The Labute approximate surface area is 77.6 Å². The van der Waals surface area contributed by atoms with Gasteiger partial charge in [0.15, 0.2) is 0 Å². The highest BCUT2D eigenvalue weighted by atomic mass is 16.5. The third kappa shape index (κ3) is 2.78. The van der Waals surface area contributed by atoms with Gasteiger partial charge in [0, 0.05) is 5.56 Å². The van der Waals surface area contributed by atoms with Gasteiger partial charge in [-0.2, -0.15) is 0 Å². The zero-order valence-corrected chi connectivity index (χ0v) is 7.60. The first-order chi connectivity index (χ1) is 6.38. The standard InChI is InChI=1S/C10H13NO2/c1-2-7-13-10-6-4-3-5-9(10)8-11-12/h3-6,8,12H,2,7H2,1H3/b11-8+. The molecule has 0 aromatic heterocycles. The van der Waals surface area contributed by atoms with Gasteiger partial charge >= 0.3 is 0 Å². The molecule has 0 aliphatic carbocycles. The molecular formula is C10H13NO2. The zero-order chi connectivity index (χ0) is 9.52. The van der Waals surface area contributed by atoms with Crippen LogP contribution in [0.15, 0.2) is 29.4 Å². The van der Waals surface area contributed by atoms with Crippen LogP contribution in [0, 0.1) is 0 Å². The second-order valence-electron chi connectivity index (χ2n) is 2.63. The van der Waals surface area contributed by atoms with E-state index in [0.717, 1.165) is 17.7 Å². The maximum absolute atomic E-state index is 8.38. The van der Waals surface area contributed by atoms with Gasteiger partial charge in [-0.25, -0.2) is 0 Å². The molecule has 0 saturated carbocycles. The summed E-state index contributed by atoms with van der Waals surface area (Å²) < 4.78 is 5.44. The molecule has 0 fully saturated rings. The molecule has 70 valence electrons. The summed E-state index contributed by atoms with van der Waals surface area (Å²) in [7, 11) is 0. The van der Waals surface area contributed by atoms with Gasteiger partial charge in [0.1, 0.15) is 5.75 Å². The topological polar surface area (TPSA) is 41.8 Å². The predicted molar refractivity (Wildman–Crippen MR) is 51.6 cm³/mol. The van der Waals surface area contributed by atoms with Crippen molar-refractivity contribution in [2.45, 2.75) is 13.3 Å². The fourth-order valence-corrected chi connectivity index (χ4v) is 0.993. The highest BCUT2D eigenvalue weighted by molar-refractivity contribution is 5.82. The number of nitrogens with zero attached hydrogens (tertiary/aromatic N) is 1. The van der Waals surface area contributed by atoms with Crippen molar-refractivity contribution in [3.8, 4) is 5.75 Å². The molecule has 0 spiro atoms. The second-order valence-corrected chi connectivity index (χ2v) is 2.63. The molecule has 3 nitrogen and oxygen atoms in total. The van der Waals surface area contributed by atoms with Crippen molar-refractivity contribution in [1.29, 1.82) is 0 Å². The first-order valence-electron chi connectivity index (χ1n) is 4.27. The second kappa shape index (κ2) is 5.19. The largest absolute Gasteiger partial charge is 0.493 e. The number of oxime groups is 1. The molecule has 0 heterocycles. The molecule has 3 heteroatoms. The number of para-hydroxylation sites is 1. The lowest BCUT2D eigenvalue weighted by molar-refractivity contribution is 0.313. The fraction of sp³-hybridized carbons (Fsp3) is 0.300. The van der Waals surface area contributed by atoms with Gasteiger partial charge in [-0.1, -0.05) is 24.2 Å². The van der Waals surface area contributed by atoms with E-state index in [1.54, 1.807) is 0 Å². The molecule has 0 bridgehead atoms. The Morgan fingerprint density at radius 1 is 1.46 bits per heavy atom. The summed E-state index contributed by atoms with van der Waals surface area (Å²) in [6.07, 6.45) is 2.33. The van der Waals surface area contributed by atoms with Crippen LogP contribution in [0.1, 0.15) is 18.9 Å². The molecule has 0 amide bonds. The van der Waals surface area contributed by atoms with Crippen LogP contribution in [0.2, 0.25) is 0 Å². The van der Waals surface area contributed by atoms with Crippen molar-refractivity contribution in [2.24, 2.45) is 5.16 Å². The van der Waals surface area contributed by atoms with E-state index < -0.39 is 0 Å². The maximum atomic E-state index is 8.38. The number of rotatable bonds is 4. The van der Waals surface area contributed by atoms with Crippen LogP contribution in [-0.4, -0.2) is 18.0 Å². The van der Waals surface area contributed by atoms with Crippen molar-refractivity contribution < 1.29 is 9.94 Å². The fourth-order valence-electron chi connectivity index (χ4n) is 0.993. The molecule has 1 N–H and O–H groups in total. The monoisotopic (exact) mass is 179 g/mol. The molecule has 0 saturated heterocycles. The summed E-state index contributed by atoms with van der Waals surface area (Å²) in [5, 5.41) is 11.4. The Bertz CT molecular complexity index is 284. The summed E-state index contributed by atoms with van der Waals surface area (Å²) in [5.74, 6) is 0.752. The Morgan fingerprint density at radius 2 is 2.23 bits per heavy atom. The minimum atomic E-state index is 0.677. The van der Waals surface area contributed by atoms with Crippen molar-refractivity contribution in [3.63, 3.8) is 0 Å². The van der Waals surface area contributed by atoms with Crippen LogP contribution in [0.4, 0.5) is 0 Å². The number of benzene rings is 1. The van der Waals surface area contributed by atoms with Crippen LogP contribution < -0.4 is 4.74 Å². The lowest BCUT2D eigenvalue weighted by Crippen LogP contribution is -1.98. The van der Waals surface area contributed by atoms with E-state index in [0.29, 0.717) is 6.61 Å². The van der Waals surface area contributed by atoms with Crippen molar-refractivity contribution in [2.75, 3.05) is 6.61 Å². The average Bonchev–Trinajstić information content (AvgIpc) is 2.17. The smallest absolute Gasteiger partial charge is 0.128 e. The Morgan fingerprint density at radius 3 is 2.92 bits per heavy atom. The molecule has 0 atom stereocenters. The molecule has 1 aromatic rings. The average molecular weight is 179 g/mol. The van der Waals surface area contributed by atoms with E-state index in [1.165, 1.54) is 6.21 Å². The van der Waals surface area contributed by atoms with E-state index >= 15 is 0 Å². The summed E-state index contributed by atoms with van der Waals surface area (Å²) in [5.41, 5.74) is 0.790. The van der Waals surface area contributed by atoms with Crippen LogP contribution in [0.3, 0.4) is 0 Å². The van der Waals surface area contributed by atoms with E-state index in [-0.39, 0.29) is 0 Å². The van der Waals surface area contributed by atoms with E-state index in [1.807, 2.05) is 31.2 Å². The molecule has 0 unspecified atom stereocenters. The molecule has 1 aromatic carbocycles. The van der Waals surface area contributed by atoms with Gasteiger partial charge in [-0.15, -0.1) is 0 Å². The molecular weight excluding hydrogens is 166 g/mol. The molecule has 0 radical (unpaired) electrons. The highest BCUT2D eigenvalue weighted by Gasteiger charge is 1.98. The van der Waals surface area contributed by atoms with Crippen LogP contribution in [-0.2, 0) is 0 Å². The number of hydrogen-bond donors (Lipinski definition) is 1. The molecule has 1 rings (SSSR count). The van der Waals surface area contributed by atoms with E-state index in [9.17, 15) is 0 Å². The van der Waals surface area contributed by atoms with Gasteiger partial charge in [-0.05, 0) is 18.6 Å². The zero-order valence-electron chi connectivity index (χ0n) is 7.60. The predicted octanol–water partition coefficient (Wildman–Crippen LogP) is 2.28. The van der Waals surface area contributed by atoms with Gasteiger partial charge in [0.05, 0.1) is 12.8 Å². The van der Waals surface area contributed by atoms with Gasteiger partial charge in [0.25, 0.3) is 0 Å². The third-order valence-electron chi connectivity index (χ3n) is 1.58. The minimum absolute atomic E-state index is 0.677. The van der Waals surface area contributed by atoms with Gasteiger partial charge in [-0.3, -0.25) is 0 Å². The number of ether oxygens (including phenoxy) is 1. The van der Waals surface area contributed by atoms with Crippen LogP contribution >= 0.6 is 0 Å². The molecule has 13 heavy (non-hydrogen) atoms. The summed E-state index contributed by atoms with van der Waals surface area (Å²) in [4.78, 5) is 0. The van der Waals surface area contributed by atoms with Crippen molar-refractivity contribution >= 4 is 6.21 Å². The van der Waals surface area contributed by atoms with E-state index in [2.05, 4.69) is 5.16 Å².